The third-order valence-electron chi connectivity index (χ3n) is 3.00. The van der Waals surface area contributed by atoms with Gasteiger partial charge in [0.25, 0.3) is 0 Å². The van der Waals surface area contributed by atoms with E-state index in [0.717, 1.165) is 0 Å². The highest BCUT2D eigenvalue weighted by molar-refractivity contribution is 9.10. The average molecular weight is 408 g/mol. The van der Waals surface area contributed by atoms with Gasteiger partial charge in [-0.2, -0.15) is 0 Å². The Morgan fingerprint density at radius 1 is 1.32 bits per heavy atom. The van der Waals surface area contributed by atoms with Gasteiger partial charge >= 0.3 is 5.97 Å². The lowest BCUT2D eigenvalue weighted by Crippen LogP contribution is -2.25. The number of benzene rings is 1. The summed E-state index contributed by atoms with van der Waals surface area (Å²) in [7, 11) is 0. The molecule has 0 saturated heterocycles. The number of hydrogen-bond donors (Lipinski definition) is 0. The molecule has 1 aromatic heterocycles. The van der Waals surface area contributed by atoms with Crippen LogP contribution in [-0.4, -0.2) is 21.8 Å². The number of hydrogen-bond acceptors (Lipinski definition) is 5. The third kappa shape index (κ3) is 5.23. The van der Waals surface area contributed by atoms with Crippen LogP contribution in [0.25, 0.3) is 10.4 Å². The van der Waals surface area contributed by atoms with Crippen LogP contribution in [0, 0.1) is 5.82 Å². The van der Waals surface area contributed by atoms with E-state index in [1.807, 2.05) is 0 Å². The Morgan fingerprint density at radius 2 is 2.04 bits per heavy atom. The molecule has 0 radical (unpaired) electrons. The van der Waals surface area contributed by atoms with Crippen molar-refractivity contribution >= 4 is 27.7 Å². The van der Waals surface area contributed by atoms with Crippen molar-refractivity contribution in [3.05, 3.63) is 61.8 Å². The fourth-order valence-electron chi connectivity index (χ4n) is 2.02. The van der Waals surface area contributed by atoms with Gasteiger partial charge in [0.2, 0.25) is 0 Å². The fraction of sp³-hybridized carbons (Fsp3) is 0.312. The van der Waals surface area contributed by atoms with Crippen LogP contribution >= 0.6 is 15.9 Å². The van der Waals surface area contributed by atoms with Crippen molar-refractivity contribution in [2.45, 2.75) is 32.8 Å². The molecule has 0 aliphatic rings. The van der Waals surface area contributed by atoms with Crippen LogP contribution in [0.1, 0.15) is 42.4 Å². The molecule has 0 amide bonds. The molecule has 0 fully saturated rings. The second-order valence-corrected chi connectivity index (χ2v) is 7.10. The van der Waals surface area contributed by atoms with E-state index in [1.165, 1.54) is 12.1 Å². The lowest BCUT2D eigenvalue weighted by atomic mass is 10.0. The van der Waals surface area contributed by atoms with Gasteiger partial charge in [-0.3, -0.25) is 0 Å². The summed E-state index contributed by atoms with van der Waals surface area (Å²) >= 11 is 3.19. The molecule has 25 heavy (non-hydrogen) atoms. The Balaban J connectivity index is 2.46. The number of esters is 1. The highest BCUT2D eigenvalue weighted by Gasteiger charge is 2.23. The molecule has 0 aliphatic carbocycles. The average Bonchev–Trinajstić information content (AvgIpc) is 2.49. The molecule has 0 bridgehead atoms. The molecule has 7 nitrogen and oxygen atoms in total. The second-order valence-electron chi connectivity index (χ2n) is 6.18. The molecular formula is C16H15BrFN5O2. The van der Waals surface area contributed by atoms with Crippen LogP contribution in [-0.2, 0) is 11.2 Å². The van der Waals surface area contributed by atoms with Crippen LogP contribution in [0.5, 0.6) is 0 Å². The minimum absolute atomic E-state index is 0.0117. The largest absolute Gasteiger partial charge is 0.455 e. The lowest BCUT2D eigenvalue weighted by Gasteiger charge is -2.20. The molecular weight excluding hydrogens is 393 g/mol. The summed E-state index contributed by atoms with van der Waals surface area (Å²) in [6, 6.07) is 6.00. The smallest absolute Gasteiger partial charge is 0.359 e. The molecule has 2 rings (SSSR count). The molecule has 1 aromatic carbocycles. The molecule has 130 valence electrons. The summed E-state index contributed by atoms with van der Waals surface area (Å²) < 4.78 is 20.0. The summed E-state index contributed by atoms with van der Waals surface area (Å²) in [5, 5.41) is 10.9. The third-order valence-corrected chi connectivity index (χ3v) is 3.49. The molecule has 2 aromatic rings. The van der Waals surface area contributed by atoms with E-state index in [-0.39, 0.29) is 17.9 Å². The molecule has 0 spiro atoms. The molecule has 0 saturated carbocycles. The van der Waals surface area contributed by atoms with Gasteiger partial charge in [-0.15, -0.1) is 10.2 Å². The van der Waals surface area contributed by atoms with Crippen molar-refractivity contribution in [1.29, 1.82) is 0 Å². The first-order valence-electron chi connectivity index (χ1n) is 7.28. The Labute approximate surface area is 152 Å². The van der Waals surface area contributed by atoms with Gasteiger partial charge in [0.1, 0.15) is 17.2 Å². The summed E-state index contributed by atoms with van der Waals surface area (Å²) in [5.74, 6) is -1.13. The molecule has 0 atom stereocenters. The predicted octanol–water partition coefficient (Wildman–Crippen LogP) is 4.87. The van der Waals surface area contributed by atoms with Crippen molar-refractivity contribution in [2.24, 2.45) is 5.11 Å². The first-order valence-corrected chi connectivity index (χ1v) is 8.08. The zero-order valence-corrected chi connectivity index (χ0v) is 15.4. The Kier molecular flexibility index (Phi) is 5.71. The summed E-state index contributed by atoms with van der Waals surface area (Å²) in [6.45, 7) is 5.17. The molecule has 0 aliphatic heterocycles. The quantitative estimate of drug-likeness (QED) is 0.312. The summed E-state index contributed by atoms with van der Waals surface area (Å²) in [6.07, 6.45) is 0.0666. The zero-order valence-electron chi connectivity index (χ0n) is 13.8. The maximum Gasteiger partial charge on any atom is 0.359 e. The van der Waals surface area contributed by atoms with Gasteiger partial charge in [0.15, 0.2) is 5.69 Å². The number of carbonyl (C=O) groups excluding carboxylic acids is 1. The van der Waals surface area contributed by atoms with Gasteiger partial charge in [-0.05, 0) is 60.7 Å². The van der Waals surface area contributed by atoms with Crippen LogP contribution in [0.3, 0.4) is 0 Å². The first-order chi connectivity index (χ1) is 11.7. The van der Waals surface area contributed by atoms with E-state index in [1.54, 1.807) is 32.9 Å². The number of halogens is 2. The van der Waals surface area contributed by atoms with Crippen molar-refractivity contribution in [2.75, 3.05) is 0 Å². The van der Waals surface area contributed by atoms with Gasteiger partial charge in [0.05, 0.1) is 0 Å². The number of nitrogens with zero attached hydrogens (tertiary/aromatic N) is 5. The summed E-state index contributed by atoms with van der Waals surface area (Å²) in [5.41, 5.74) is 8.48. The van der Waals surface area contributed by atoms with E-state index in [9.17, 15) is 9.18 Å². The van der Waals surface area contributed by atoms with Gasteiger partial charge in [0, 0.05) is 15.8 Å². The first kappa shape index (κ1) is 18.8. The highest BCUT2D eigenvalue weighted by Crippen LogP contribution is 2.23. The minimum Gasteiger partial charge on any atom is -0.455 e. The van der Waals surface area contributed by atoms with Crippen molar-refractivity contribution in [1.82, 2.24) is 10.2 Å². The van der Waals surface area contributed by atoms with Gasteiger partial charge < -0.3 is 4.74 Å². The molecule has 1 heterocycles. The van der Waals surface area contributed by atoms with Crippen LogP contribution in [0.2, 0.25) is 0 Å². The van der Waals surface area contributed by atoms with E-state index in [4.69, 9.17) is 10.3 Å². The van der Waals surface area contributed by atoms with Gasteiger partial charge in [-0.25, -0.2) is 9.18 Å². The Bertz CT molecular complexity index is 860. The fourth-order valence-corrected chi connectivity index (χ4v) is 2.35. The maximum atomic E-state index is 14.1. The molecule has 9 heteroatoms. The van der Waals surface area contributed by atoms with Crippen LogP contribution in [0.4, 0.5) is 10.2 Å². The number of carbonyl (C=O) groups is 1. The molecule has 0 N–H and O–H groups in total. The lowest BCUT2D eigenvalue weighted by molar-refractivity contribution is 0.00605. The maximum absolute atomic E-state index is 14.1. The van der Waals surface area contributed by atoms with Crippen molar-refractivity contribution in [3.8, 4) is 0 Å². The van der Waals surface area contributed by atoms with Gasteiger partial charge in [-0.1, -0.05) is 22.0 Å². The topological polar surface area (TPSA) is 101 Å². The standard InChI is InChI=1S/C16H15BrFN5O2/c1-16(2,3)25-15(24)14-10(7-13(20-22-14)21-23-19)6-9-4-5-11(17)8-12(9)18/h4-5,7-8H,6H2,1-3H3. The van der Waals surface area contributed by atoms with Crippen LogP contribution < -0.4 is 0 Å². The highest BCUT2D eigenvalue weighted by atomic mass is 79.9. The number of rotatable bonds is 4. The van der Waals surface area contributed by atoms with E-state index < -0.39 is 17.4 Å². The van der Waals surface area contributed by atoms with Crippen LogP contribution in [0.15, 0.2) is 33.9 Å². The van der Waals surface area contributed by atoms with Crippen molar-refractivity contribution < 1.29 is 13.9 Å². The zero-order chi connectivity index (χ0) is 18.6. The number of aromatic nitrogens is 2. The predicted molar refractivity (Wildman–Crippen MR) is 92.9 cm³/mol. The second kappa shape index (κ2) is 7.58. The SMILES string of the molecule is CC(C)(C)OC(=O)c1nnc(N=[N+]=[N-])cc1Cc1ccc(Br)cc1F. The minimum atomic E-state index is -0.720. The monoisotopic (exact) mass is 407 g/mol. The Hall–Kier alpha value is -2.51. The molecule has 0 unspecified atom stereocenters. The van der Waals surface area contributed by atoms with Crippen molar-refractivity contribution in [3.63, 3.8) is 0 Å². The number of ether oxygens (including phenoxy) is 1. The van der Waals surface area contributed by atoms with E-state index in [2.05, 4.69) is 36.2 Å². The Morgan fingerprint density at radius 3 is 2.64 bits per heavy atom. The number of azide groups is 1. The summed E-state index contributed by atoms with van der Waals surface area (Å²) in [4.78, 5) is 15.0. The van der Waals surface area contributed by atoms with E-state index in [0.29, 0.717) is 15.6 Å². The normalized spacial score (nSPS) is 10.9. The van der Waals surface area contributed by atoms with E-state index >= 15 is 0 Å².